The Morgan fingerprint density at radius 3 is 2.64 bits per heavy atom. The maximum absolute atomic E-state index is 6.28. The van der Waals surface area contributed by atoms with Crippen LogP contribution < -0.4 is 0 Å². The van der Waals surface area contributed by atoms with Crippen LogP contribution in [0.5, 0.6) is 0 Å². The summed E-state index contributed by atoms with van der Waals surface area (Å²) < 4.78 is 1.99. The second-order valence-corrected chi connectivity index (χ2v) is 6.25. The Hall–Kier alpha value is -2.76. The quantitative estimate of drug-likeness (QED) is 0.396. The van der Waals surface area contributed by atoms with Crippen molar-refractivity contribution in [2.75, 3.05) is 0 Å². The summed E-state index contributed by atoms with van der Waals surface area (Å²) in [5.74, 6) is 0.576. The minimum atomic E-state index is 0.409. The van der Waals surface area contributed by atoms with Gasteiger partial charge in [0.15, 0.2) is 5.82 Å². The van der Waals surface area contributed by atoms with Crippen LogP contribution in [0.3, 0.4) is 0 Å². The lowest BCUT2D eigenvalue weighted by molar-refractivity contribution is 0.872. The van der Waals surface area contributed by atoms with E-state index in [2.05, 4.69) is 33.5 Å². The fraction of sp³-hybridized carbons (Fsp3) is 0. The van der Waals surface area contributed by atoms with Crippen LogP contribution >= 0.6 is 23.8 Å². The van der Waals surface area contributed by atoms with E-state index in [0.717, 1.165) is 21.9 Å². The number of nitrogens with one attached hydrogen (secondary N) is 1. The van der Waals surface area contributed by atoms with Gasteiger partial charge < -0.3 is 0 Å². The molecule has 0 fully saturated rings. The van der Waals surface area contributed by atoms with Gasteiger partial charge >= 0.3 is 0 Å². The summed E-state index contributed by atoms with van der Waals surface area (Å²) in [6.07, 6.45) is 1.79. The average Bonchev–Trinajstić information content (AvgIpc) is 3.01. The minimum absolute atomic E-state index is 0.409. The van der Waals surface area contributed by atoms with Crippen LogP contribution in [0.2, 0.25) is 5.02 Å². The molecule has 1 N–H and O–H groups in total. The molecular formula is C19H13ClN4S. The van der Waals surface area contributed by atoms with Crippen LogP contribution in [0.15, 0.2) is 71.8 Å². The van der Waals surface area contributed by atoms with Gasteiger partial charge in [-0.1, -0.05) is 66.2 Å². The number of rotatable bonds is 3. The molecule has 4 nitrogen and oxygen atoms in total. The molecule has 3 aromatic carbocycles. The van der Waals surface area contributed by atoms with Crippen molar-refractivity contribution in [3.05, 3.63) is 82.1 Å². The zero-order valence-electron chi connectivity index (χ0n) is 13.1. The smallest absolute Gasteiger partial charge is 0.216 e. The molecule has 0 aliphatic heterocycles. The summed E-state index contributed by atoms with van der Waals surface area (Å²) in [5.41, 5.74) is 1.78. The lowest BCUT2D eigenvalue weighted by Crippen LogP contribution is -1.96. The van der Waals surface area contributed by atoms with Crippen molar-refractivity contribution < 1.29 is 0 Å². The number of H-pyrrole nitrogens is 1. The molecule has 4 rings (SSSR count). The number of nitrogens with zero attached hydrogens (tertiary/aromatic N) is 3. The van der Waals surface area contributed by atoms with Gasteiger partial charge in [-0.3, -0.25) is 0 Å². The fourth-order valence-electron chi connectivity index (χ4n) is 2.70. The molecular weight excluding hydrogens is 352 g/mol. The highest BCUT2D eigenvalue weighted by atomic mass is 35.5. The van der Waals surface area contributed by atoms with Crippen molar-refractivity contribution in [1.82, 2.24) is 14.9 Å². The average molecular weight is 365 g/mol. The number of aromatic amines is 1. The van der Waals surface area contributed by atoms with Gasteiger partial charge in [-0.2, -0.15) is 14.9 Å². The molecule has 122 valence electrons. The molecule has 4 aromatic rings. The Kier molecular flexibility index (Phi) is 4.17. The molecule has 0 amide bonds. The first-order valence-electron chi connectivity index (χ1n) is 7.68. The number of fused-ring (bicyclic) bond motifs is 1. The predicted molar refractivity (Wildman–Crippen MR) is 105 cm³/mol. The summed E-state index contributed by atoms with van der Waals surface area (Å²) >= 11 is 11.6. The van der Waals surface area contributed by atoms with E-state index in [1.807, 2.05) is 48.5 Å². The number of hydrogen-bond acceptors (Lipinski definition) is 3. The molecule has 0 bridgehead atoms. The molecule has 6 heteroatoms. The number of benzene rings is 3. The van der Waals surface area contributed by atoms with Crippen LogP contribution in [0.4, 0.5) is 0 Å². The summed E-state index contributed by atoms with van der Waals surface area (Å²) in [6.45, 7) is 0. The lowest BCUT2D eigenvalue weighted by Gasteiger charge is -2.04. The van der Waals surface area contributed by atoms with Crippen molar-refractivity contribution >= 4 is 40.8 Å². The van der Waals surface area contributed by atoms with Crippen LogP contribution in [-0.4, -0.2) is 21.1 Å². The third-order valence-corrected chi connectivity index (χ3v) is 4.49. The SMILES string of the molecule is S=c1[nH]nc(-c2ccccc2Cl)n1/N=C/c1cccc2ccccc12. The number of hydrogen-bond donors (Lipinski definition) is 1. The first-order valence-corrected chi connectivity index (χ1v) is 8.47. The monoisotopic (exact) mass is 364 g/mol. The molecule has 0 aliphatic carbocycles. The predicted octanol–water partition coefficient (Wildman–Crippen LogP) is 5.30. The highest BCUT2D eigenvalue weighted by Crippen LogP contribution is 2.26. The van der Waals surface area contributed by atoms with E-state index in [4.69, 9.17) is 23.8 Å². The molecule has 0 unspecified atom stereocenters. The van der Waals surface area contributed by atoms with E-state index >= 15 is 0 Å². The van der Waals surface area contributed by atoms with Gasteiger partial charge in [0, 0.05) is 11.1 Å². The molecule has 1 aromatic heterocycles. The van der Waals surface area contributed by atoms with Crippen LogP contribution in [0.1, 0.15) is 5.56 Å². The standard InChI is InChI=1S/C19H13ClN4S/c20-17-11-4-3-10-16(17)18-22-23-19(25)24(18)21-12-14-8-5-7-13-6-1-2-9-15(13)14/h1-12H,(H,23,25)/b21-12+. The maximum atomic E-state index is 6.28. The topological polar surface area (TPSA) is 46.0 Å². The minimum Gasteiger partial charge on any atom is -0.250 e. The Labute approximate surface area is 154 Å². The molecule has 0 atom stereocenters. The van der Waals surface area contributed by atoms with Crippen molar-refractivity contribution in [2.24, 2.45) is 5.10 Å². The van der Waals surface area contributed by atoms with Crippen molar-refractivity contribution in [3.63, 3.8) is 0 Å². The molecule has 1 heterocycles. The largest absolute Gasteiger partial charge is 0.250 e. The Bertz CT molecular complexity index is 1140. The van der Waals surface area contributed by atoms with Gasteiger partial charge in [0.1, 0.15) is 0 Å². The maximum Gasteiger partial charge on any atom is 0.216 e. The third kappa shape index (κ3) is 2.99. The van der Waals surface area contributed by atoms with E-state index in [9.17, 15) is 0 Å². The third-order valence-electron chi connectivity index (χ3n) is 3.90. The highest BCUT2D eigenvalue weighted by Gasteiger charge is 2.11. The number of halogens is 1. The van der Waals surface area contributed by atoms with Gasteiger partial charge in [-0.05, 0) is 35.1 Å². The molecule has 0 radical (unpaired) electrons. The summed E-state index contributed by atoms with van der Waals surface area (Å²) in [7, 11) is 0. The zero-order valence-corrected chi connectivity index (χ0v) is 14.6. The first kappa shape index (κ1) is 15.7. The van der Waals surface area contributed by atoms with Crippen molar-refractivity contribution in [1.29, 1.82) is 0 Å². The Morgan fingerprint density at radius 1 is 1.00 bits per heavy atom. The van der Waals surface area contributed by atoms with E-state index in [0.29, 0.717) is 15.6 Å². The van der Waals surface area contributed by atoms with Crippen molar-refractivity contribution in [2.45, 2.75) is 0 Å². The first-order chi connectivity index (χ1) is 12.2. The molecule has 25 heavy (non-hydrogen) atoms. The highest BCUT2D eigenvalue weighted by molar-refractivity contribution is 7.71. The zero-order chi connectivity index (χ0) is 17.2. The van der Waals surface area contributed by atoms with E-state index < -0.39 is 0 Å². The van der Waals surface area contributed by atoms with E-state index in [1.54, 1.807) is 10.9 Å². The number of aromatic nitrogens is 3. The molecule has 0 spiro atoms. The second-order valence-electron chi connectivity index (χ2n) is 5.46. The molecule has 0 aliphatic rings. The molecule has 0 saturated carbocycles. The van der Waals surface area contributed by atoms with Gasteiger partial charge in [0.2, 0.25) is 4.77 Å². The molecule has 0 saturated heterocycles. The van der Waals surface area contributed by atoms with Crippen LogP contribution in [-0.2, 0) is 0 Å². The van der Waals surface area contributed by atoms with Crippen LogP contribution in [0, 0.1) is 4.77 Å². The van der Waals surface area contributed by atoms with Crippen LogP contribution in [0.25, 0.3) is 22.2 Å². The Morgan fingerprint density at radius 2 is 1.76 bits per heavy atom. The normalized spacial score (nSPS) is 11.4. The van der Waals surface area contributed by atoms with Gasteiger partial charge in [0.05, 0.1) is 11.2 Å². The van der Waals surface area contributed by atoms with Gasteiger partial charge in [-0.15, -0.1) is 0 Å². The lowest BCUT2D eigenvalue weighted by atomic mass is 10.1. The Balaban J connectivity index is 1.82. The summed E-state index contributed by atoms with van der Waals surface area (Å²) in [6, 6.07) is 21.7. The van der Waals surface area contributed by atoms with Gasteiger partial charge in [0.25, 0.3) is 0 Å². The summed E-state index contributed by atoms with van der Waals surface area (Å²) in [5, 5.41) is 14.5. The second kappa shape index (κ2) is 6.63. The van der Waals surface area contributed by atoms with Crippen molar-refractivity contribution in [3.8, 4) is 11.4 Å². The van der Waals surface area contributed by atoms with E-state index in [1.165, 1.54) is 0 Å². The van der Waals surface area contributed by atoms with Gasteiger partial charge in [-0.25, -0.2) is 5.10 Å². The fourth-order valence-corrected chi connectivity index (χ4v) is 3.10. The summed E-state index contributed by atoms with van der Waals surface area (Å²) in [4.78, 5) is 0. The van der Waals surface area contributed by atoms with E-state index in [-0.39, 0.29) is 0 Å².